The highest BCUT2D eigenvalue weighted by atomic mass is 16.5. The minimum absolute atomic E-state index is 0.119. The Morgan fingerprint density at radius 2 is 2.40 bits per heavy atom. The van der Waals surface area contributed by atoms with Gasteiger partial charge in [-0.25, -0.2) is 0 Å². The molecular formula is C14H18N4O2. The van der Waals surface area contributed by atoms with Gasteiger partial charge in [-0.15, -0.1) is 5.10 Å². The third kappa shape index (κ3) is 1.50. The lowest BCUT2D eigenvalue weighted by Gasteiger charge is -2.35. The molecule has 0 amide bonds. The number of aromatic nitrogens is 2. The first-order valence-corrected chi connectivity index (χ1v) is 6.92. The van der Waals surface area contributed by atoms with Crippen molar-refractivity contribution in [3.63, 3.8) is 0 Å². The van der Waals surface area contributed by atoms with Crippen LogP contribution in [0.5, 0.6) is 5.88 Å². The van der Waals surface area contributed by atoms with E-state index in [0.29, 0.717) is 18.1 Å². The van der Waals surface area contributed by atoms with Gasteiger partial charge < -0.3 is 15.2 Å². The van der Waals surface area contributed by atoms with Crippen LogP contribution in [-0.4, -0.2) is 22.9 Å². The molecule has 0 saturated carbocycles. The number of fused-ring (bicyclic) bond motifs is 2. The zero-order valence-corrected chi connectivity index (χ0v) is 11.7. The van der Waals surface area contributed by atoms with Crippen molar-refractivity contribution in [3.05, 3.63) is 22.7 Å². The first-order valence-electron chi connectivity index (χ1n) is 6.92. The van der Waals surface area contributed by atoms with Crippen LogP contribution in [-0.2, 0) is 16.6 Å². The van der Waals surface area contributed by atoms with Gasteiger partial charge in [0.2, 0.25) is 11.8 Å². The number of nitrogens with one attached hydrogen (secondary N) is 1. The first-order chi connectivity index (χ1) is 9.65. The van der Waals surface area contributed by atoms with Crippen LogP contribution in [0, 0.1) is 11.3 Å². The number of rotatable bonds is 2. The third-order valence-corrected chi connectivity index (χ3v) is 4.32. The third-order valence-electron chi connectivity index (χ3n) is 4.32. The van der Waals surface area contributed by atoms with E-state index in [-0.39, 0.29) is 12.0 Å². The average molecular weight is 274 g/mol. The Morgan fingerprint density at radius 1 is 1.60 bits per heavy atom. The minimum Gasteiger partial charge on any atom is -0.420 e. The molecular weight excluding hydrogens is 256 g/mol. The molecule has 6 nitrogen and oxygen atoms in total. The summed E-state index contributed by atoms with van der Waals surface area (Å²) in [7, 11) is 0. The standard InChI is InChI=1S/C14H18N4O2/c1-3-4-10-11-13(18-17-10)20-12(16)9(7-15)14(11)5-6-19-8(14)2/h8H,3-6,16H2,1-2H3,(H,17,18)/t8-,14+/m1/s1. The summed E-state index contributed by atoms with van der Waals surface area (Å²) in [5, 5.41) is 16.8. The summed E-state index contributed by atoms with van der Waals surface area (Å²) in [5.41, 5.74) is 7.84. The summed E-state index contributed by atoms with van der Waals surface area (Å²) in [6.45, 7) is 4.69. The molecule has 2 aliphatic rings. The van der Waals surface area contributed by atoms with Gasteiger partial charge in [-0.2, -0.15) is 5.26 Å². The van der Waals surface area contributed by atoms with Gasteiger partial charge in [-0.1, -0.05) is 13.3 Å². The highest BCUT2D eigenvalue weighted by molar-refractivity contribution is 5.55. The Bertz CT molecular complexity index is 613. The van der Waals surface area contributed by atoms with Crippen LogP contribution < -0.4 is 10.5 Å². The maximum Gasteiger partial charge on any atom is 0.244 e. The molecule has 6 heteroatoms. The van der Waals surface area contributed by atoms with Gasteiger partial charge in [0, 0.05) is 12.3 Å². The summed E-state index contributed by atoms with van der Waals surface area (Å²) < 4.78 is 11.3. The Hall–Kier alpha value is -2.00. The smallest absolute Gasteiger partial charge is 0.244 e. The van der Waals surface area contributed by atoms with Crippen LogP contribution in [0.4, 0.5) is 0 Å². The van der Waals surface area contributed by atoms with Crippen LogP contribution in [0.2, 0.25) is 0 Å². The van der Waals surface area contributed by atoms with E-state index in [1.807, 2.05) is 6.92 Å². The predicted octanol–water partition coefficient (Wildman–Crippen LogP) is 1.50. The summed E-state index contributed by atoms with van der Waals surface area (Å²) >= 11 is 0. The van der Waals surface area contributed by atoms with Crippen LogP contribution in [0.1, 0.15) is 37.9 Å². The number of nitrogens with two attached hydrogens (primary N) is 1. The lowest BCUT2D eigenvalue weighted by molar-refractivity contribution is 0.0996. The van der Waals surface area contributed by atoms with Gasteiger partial charge in [0.25, 0.3) is 0 Å². The van der Waals surface area contributed by atoms with Crippen LogP contribution in [0.3, 0.4) is 0 Å². The molecule has 0 bridgehead atoms. The fourth-order valence-corrected chi connectivity index (χ4v) is 3.38. The van der Waals surface area contributed by atoms with Gasteiger partial charge in [0.1, 0.15) is 11.6 Å². The van der Waals surface area contributed by atoms with Crippen molar-refractivity contribution in [2.45, 2.75) is 44.6 Å². The number of aromatic amines is 1. The normalized spacial score (nSPS) is 28.4. The fourth-order valence-electron chi connectivity index (χ4n) is 3.38. The van der Waals surface area contributed by atoms with Gasteiger partial charge in [-0.05, 0) is 19.8 Å². The van der Waals surface area contributed by atoms with Crippen molar-refractivity contribution < 1.29 is 9.47 Å². The largest absolute Gasteiger partial charge is 0.420 e. The number of aryl methyl sites for hydroxylation is 1. The van der Waals surface area contributed by atoms with E-state index in [0.717, 1.165) is 30.5 Å². The Balaban J connectivity index is 2.24. The molecule has 3 N–H and O–H groups in total. The number of nitrogens with zero attached hydrogens (tertiary/aromatic N) is 2. The maximum absolute atomic E-state index is 9.53. The van der Waals surface area contributed by atoms with Crippen LogP contribution >= 0.6 is 0 Å². The molecule has 3 heterocycles. The number of H-pyrrole nitrogens is 1. The molecule has 0 aliphatic carbocycles. The minimum atomic E-state index is -0.524. The Morgan fingerprint density at radius 3 is 3.00 bits per heavy atom. The van der Waals surface area contributed by atoms with Crippen LogP contribution in [0.15, 0.2) is 11.5 Å². The lowest BCUT2D eigenvalue weighted by atomic mass is 9.68. The zero-order valence-electron chi connectivity index (χ0n) is 11.7. The van der Waals surface area contributed by atoms with E-state index < -0.39 is 5.41 Å². The topological polar surface area (TPSA) is 97.0 Å². The predicted molar refractivity (Wildman–Crippen MR) is 71.7 cm³/mol. The summed E-state index contributed by atoms with van der Waals surface area (Å²) in [4.78, 5) is 0. The molecule has 0 aromatic carbocycles. The van der Waals surface area contributed by atoms with E-state index in [9.17, 15) is 5.26 Å². The van der Waals surface area contributed by atoms with Gasteiger partial charge >= 0.3 is 0 Å². The van der Waals surface area contributed by atoms with E-state index in [1.54, 1.807) is 0 Å². The monoisotopic (exact) mass is 274 g/mol. The second-order valence-electron chi connectivity index (χ2n) is 5.32. The van der Waals surface area contributed by atoms with Gasteiger partial charge in [0.05, 0.1) is 17.1 Å². The van der Waals surface area contributed by atoms with Crippen molar-refractivity contribution in [2.24, 2.45) is 5.73 Å². The summed E-state index contributed by atoms with van der Waals surface area (Å²) in [5.74, 6) is 0.634. The number of ether oxygens (including phenoxy) is 2. The molecule has 20 heavy (non-hydrogen) atoms. The van der Waals surface area contributed by atoms with Gasteiger partial charge in [0.15, 0.2) is 0 Å². The van der Waals surface area contributed by atoms with Crippen LogP contribution in [0.25, 0.3) is 0 Å². The van der Waals surface area contributed by atoms with E-state index >= 15 is 0 Å². The molecule has 0 unspecified atom stereocenters. The fraction of sp³-hybridized carbons (Fsp3) is 0.571. The summed E-state index contributed by atoms with van der Waals surface area (Å²) in [6.07, 6.45) is 2.45. The van der Waals surface area contributed by atoms with E-state index in [4.69, 9.17) is 15.2 Å². The molecule has 1 fully saturated rings. The lowest BCUT2D eigenvalue weighted by Crippen LogP contribution is -2.41. The molecule has 2 atom stereocenters. The van der Waals surface area contributed by atoms with Crippen molar-refractivity contribution >= 4 is 0 Å². The quantitative estimate of drug-likeness (QED) is 0.851. The number of hydrogen-bond acceptors (Lipinski definition) is 5. The molecule has 106 valence electrons. The zero-order chi connectivity index (χ0) is 14.3. The van der Waals surface area contributed by atoms with Gasteiger partial charge in [-0.3, -0.25) is 5.10 Å². The highest BCUT2D eigenvalue weighted by Crippen LogP contribution is 2.51. The Labute approximate surface area is 117 Å². The molecule has 1 aromatic rings. The second-order valence-corrected chi connectivity index (χ2v) is 5.32. The second kappa shape index (κ2) is 4.53. The molecule has 1 spiro atoms. The van der Waals surface area contributed by atoms with E-state index in [1.165, 1.54) is 0 Å². The highest BCUT2D eigenvalue weighted by Gasteiger charge is 2.54. The molecule has 3 rings (SSSR count). The van der Waals surface area contributed by atoms with Crippen molar-refractivity contribution in [2.75, 3.05) is 6.61 Å². The molecule has 0 radical (unpaired) electrons. The number of hydrogen-bond donors (Lipinski definition) is 2. The molecule has 1 saturated heterocycles. The molecule has 1 aromatic heterocycles. The molecule has 2 aliphatic heterocycles. The van der Waals surface area contributed by atoms with Crippen molar-refractivity contribution in [3.8, 4) is 11.9 Å². The maximum atomic E-state index is 9.53. The van der Waals surface area contributed by atoms with Crippen molar-refractivity contribution in [1.82, 2.24) is 10.2 Å². The van der Waals surface area contributed by atoms with Crippen molar-refractivity contribution in [1.29, 1.82) is 5.26 Å². The summed E-state index contributed by atoms with van der Waals surface area (Å²) in [6, 6.07) is 2.22. The average Bonchev–Trinajstić information content (AvgIpc) is 2.97. The Kier molecular flexibility index (Phi) is 2.94. The van der Waals surface area contributed by atoms with E-state index in [2.05, 4.69) is 23.2 Å². The SMILES string of the molecule is CCCc1[nH]nc2c1[C@]1(CCO[C@@H]1C)C(C#N)=C(N)O2. The number of nitriles is 1. The first kappa shape index (κ1) is 13.0.